The van der Waals surface area contributed by atoms with Crippen molar-refractivity contribution in [3.8, 4) is 11.5 Å². The SMILES string of the molecule is O=C(c1ccc2c(c1)OCO2)N1CC(Nc2ncccn2)C1. The first-order valence-corrected chi connectivity index (χ1v) is 7.02. The first-order valence-electron chi connectivity index (χ1n) is 7.02. The maximum Gasteiger partial charge on any atom is 0.254 e. The number of amides is 1. The number of benzene rings is 1. The lowest BCUT2D eigenvalue weighted by Gasteiger charge is -2.39. The van der Waals surface area contributed by atoms with Crippen LogP contribution in [0, 0.1) is 0 Å². The molecule has 0 radical (unpaired) electrons. The molecule has 2 aromatic rings. The minimum Gasteiger partial charge on any atom is -0.454 e. The predicted molar refractivity (Wildman–Crippen MR) is 77.9 cm³/mol. The Morgan fingerprint density at radius 1 is 1.18 bits per heavy atom. The van der Waals surface area contributed by atoms with Crippen LogP contribution >= 0.6 is 0 Å². The van der Waals surface area contributed by atoms with Crippen molar-refractivity contribution in [2.75, 3.05) is 25.2 Å². The van der Waals surface area contributed by atoms with Crippen molar-refractivity contribution in [2.24, 2.45) is 0 Å². The molecule has 0 aliphatic carbocycles. The van der Waals surface area contributed by atoms with E-state index in [-0.39, 0.29) is 18.7 Å². The lowest BCUT2D eigenvalue weighted by atomic mass is 10.1. The molecule has 0 saturated carbocycles. The van der Waals surface area contributed by atoms with E-state index < -0.39 is 0 Å². The van der Waals surface area contributed by atoms with E-state index in [9.17, 15) is 4.79 Å². The maximum atomic E-state index is 12.4. The van der Waals surface area contributed by atoms with Gasteiger partial charge in [0.25, 0.3) is 5.91 Å². The second-order valence-corrected chi connectivity index (χ2v) is 5.19. The van der Waals surface area contributed by atoms with Crippen LogP contribution in [0.5, 0.6) is 11.5 Å². The molecule has 1 N–H and O–H groups in total. The molecule has 3 heterocycles. The zero-order valence-electron chi connectivity index (χ0n) is 11.7. The van der Waals surface area contributed by atoms with Crippen LogP contribution in [0.1, 0.15) is 10.4 Å². The monoisotopic (exact) mass is 298 g/mol. The van der Waals surface area contributed by atoms with Gasteiger partial charge in [0.15, 0.2) is 11.5 Å². The molecule has 0 bridgehead atoms. The number of carbonyl (C=O) groups is 1. The van der Waals surface area contributed by atoms with Gasteiger partial charge in [0.05, 0.1) is 6.04 Å². The Kier molecular flexibility index (Phi) is 3.03. The van der Waals surface area contributed by atoms with Crippen molar-refractivity contribution < 1.29 is 14.3 Å². The molecule has 0 spiro atoms. The van der Waals surface area contributed by atoms with E-state index in [1.54, 1.807) is 41.6 Å². The van der Waals surface area contributed by atoms with Crippen LogP contribution in [0.15, 0.2) is 36.7 Å². The number of ether oxygens (including phenoxy) is 2. The number of carbonyl (C=O) groups excluding carboxylic acids is 1. The molecule has 1 amide bonds. The van der Waals surface area contributed by atoms with Gasteiger partial charge in [0.2, 0.25) is 12.7 Å². The standard InChI is InChI=1S/C15H14N4O3/c20-14(10-2-3-12-13(6-10)22-9-21-12)19-7-11(8-19)18-15-16-4-1-5-17-15/h1-6,11H,7-9H2,(H,16,17,18). The summed E-state index contributed by atoms with van der Waals surface area (Å²) in [5.74, 6) is 1.88. The molecule has 0 unspecified atom stereocenters. The van der Waals surface area contributed by atoms with Crippen LogP contribution in [0.2, 0.25) is 0 Å². The molecule has 2 aliphatic rings. The first kappa shape index (κ1) is 12.9. The molecule has 1 saturated heterocycles. The quantitative estimate of drug-likeness (QED) is 0.916. The summed E-state index contributed by atoms with van der Waals surface area (Å²) in [5, 5.41) is 3.20. The smallest absolute Gasteiger partial charge is 0.254 e. The number of aromatic nitrogens is 2. The summed E-state index contributed by atoms with van der Waals surface area (Å²) in [6, 6.07) is 7.20. The minimum atomic E-state index is -0.00895. The van der Waals surface area contributed by atoms with Gasteiger partial charge >= 0.3 is 0 Å². The van der Waals surface area contributed by atoms with E-state index in [0.717, 1.165) is 0 Å². The van der Waals surface area contributed by atoms with Crippen molar-refractivity contribution >= 4 is 11.9 Å². The minimum absolute atomic E-state index is 0.00895. The number of likely N-dealkylation sites (tertiary alicyclic amines) is 1. The largest absolute Gasteiger partial charge is 0.454 e. The fourth-order valence-corrected chi connectivity index (χ4v) is 2.50. The third-order valence-electron chi connectivity index (χ3n) is 3.69. The zero-order chi connectivity index (χ0) is 14.9. The van der Waals surface area contributed by atoms with Gasteiger partial charge in [-0.2, -0.15) is 0 Å². The predicted octanol–water partition coefficient (Wildman–Crippen LogP) is 1.14. The van der Waals surface area contributed by atoms with Crippen LogP contribution in [-0.4, -0.2) is 46.7 Å². The van der Waals surface area contributed by atoms with E-state index in [0.29, 0.717) is 36.1 Å². The lowest BCUT2D eigenvalue weighted by molar-refractivity contribution is 0.0624. The van der Waals surface area contributed by atoms with Crippen molar-refractivity contribution in [3.63, 3.8) is 0 Å². The summed E-state index contributed by atoms with van der Waals surface area (Å²) in [5.41, 5.74) is 0.610. The average Bonchev–Trinajstić information content (AvgIpc) is 2.98. The fourth-order valence-electron chi connectivity index (χ4n) is 2.50. The van der Waals surface area contributed by atoms with Gasteiger partial charge in [-0.15, -0.1) is 0 Å². The molecular weight excluding hydrogens is 284 g/mol. The fraction of sp³-hybridized carbons (Fsp3) is 0.267. The molecule has 1 aromatic carbocycles. The highest BCUT2D eigenvalue weighted by molar-refractivity contribution is 5.95. The number of hydrogen-bond donors (Lipinski definition) is 1. The number of fused-ring (bicyclic) bond motifs is 1. The van der Waals surface area contributed by atoms with Gasteiger partial charge in [0.1, 0.15) is 0 Å². The highest BCUT2D eigenvalue weighted by Gasteiger charge is 2.32. The molecule has 22 heavy (non-hydrogen) atoms. The molecular formula is C15H14N4O3. The second kappa shape index (κ2) is 5.18. The van der Waals surface area contributed by atoms with Gasteiger partial charge in [-0.3, -0.25) is 4.79 Å². The van der Waals surface area contributed by atoms with Crippen molar-refractivity contribution in [1.82, 2.24) is 14.9 Å². The summed E-state index contributed by atoms with van der Waals surface area (Å²) in [6.45, 7) is 1.47. The van der Waals surface area contributed by atoms with E-state index in [1.165, 1.54) is 0 Å². The average molecular weight is 298 g/mol. The second-order valence-electron chi connectivity index (χ2n) is 5.19. The Morgan fingerprint density at radius 2 is 1.95 bits per heavy atom. The molecule has 7 nitrogen and oxygen atoms in total. The van der Waals surface area contributed by atoms with Gasteiger partial charge in [-0.1, -0.05) is 0 Å². The molecule has 1 fully saturated rings. The van der Waals surface area contributed by atoms with Crippen LogP contribution in [0.3, 0.4) is 0 Å². The number of nitrogens with zero attached hydrogens (tertiary/aromatic N) is 3. The van der Waals surface area contributed by atoms with E-state index in [4.69, 9.17) is 9.47 Å². The number of hydrogen-bond acceptors (Lipinski definition) is 6. The summed E-state index contributed by atoms with van der Waals surface area (Å²) in [7, 11) is 0. The van der Waals surface area contributed by atoms with Gasteiger partial charge in [0, 0.05) is 31.0 Å². The van der Waals surface area contributed by atoms with Crippen LogP contribution in [-0.2, 0) is 0 Å². The van der Waals surface area contributed by atoms with Gasteiger partial charge < -0.3 is 19.7 Å². The van der Waals surface area contributed by atoms with Crippen molar-refractivity contribution in [1.29, 1.82) is 0 Å². The van der Waals surface area contributed by atoms with Gasteiger partial charge in [-0.25, -0.2) is 9.97 Å². The topological polar surface area (TPSA) is 76.6 Å². The van der Waals surface area contributed by atoms with E-state index in [2.05, 4.69) is 15.3 Å². The zero-order valence-corrected chi connectivity index (χ0v) is 11.7. The van der Waals surface area contributed by atoms with Crippen molar-refractivity contribution in [3.05, 3.63) is 42.2 Å². The lowest BCUT2D eigenvalue weighted by Crippen LogP contribution is -2.57. The number of anilines is 1. The molecule has 2 aliphatic heterocycles. The number of nitrogens with one attached hydrogen (secondary N) is 1. The van der Waals surface area contributed by atoms with Gasteiger partial charge in [-0.05, 0) is 24.3 Å². The van der Waals surface area contributed by atoms with Crippen molar-refractivity contribution in [2.45, 2.75) is 6.04 Å². The first-order chi connectivity index (χ1) is 10.8. The third-order valence-corrected chi connectivity index (χ3v) is 3.69. The Hall–Kier alpha value is -2.83. The number of rotatable bonds is 3. The maximum absolute atomic E-state index is 12.4. The highest BCUT2D eigenvalue weighted by atomic mass is 16.7. The Balaban J connectivity index is 1.37. The molecule has 1 aromatic heterocycles. The van der Waals surface area contributed by atoms with Crippen LogP contribution in [0.4, 0.5) is 5.95 Å². The molecule has 112 valence electrons. The van der Waals surface area contributed by atoms with E-state index in [1.807, 2.05) is 0 Å². The van der Waals surface area contributed by atoms with Crippen LogP contribution < -0.4 is 14.8 Å². The summed E-state index contributed by atoms with van der Waals surface area (Å²) >= 11 is 0. The van der Waals surface area contributed by atoms with Crippen LogP contribution in [0.25, 0.3) is 0 Å². The Labute approximate surface area is 126 Å². The Bertz CT molecular complexity index is 701. The third kappa shape index (κ3) is 2.30. The summed E-state index contributed by atoms with van der Waals surface area (Å²) in [6.07, 6.45) is 3.37. The molecule has 7 heteroatoms. The molecule has 0 atom stereocenters. The molecule has 4 rings (SSSR count). The summed E-state index contributed by atoms with van der Waals surface area (Å²) in [4.78, 5) is 22.4. The Morgan fingerprint density at radius 3 is 2.77 bits per heavy atom. The highest BCUT2D eigenvalue weighted by Crippen LogP contribution is 2.33. The normalized spacial score (nSPS) is 16.3. The summed E-state index contributed by atoms with van der Waals surface area (Å²) < 4.78 is 10.5. The van der Waals surface area contributed by atoms with E-state index >= 15 is 0 Å².